The molecule has 0 amide bonds. The first-order chi connectivity index (χ1) is 8.74. The van der Waals surface area contributed by atoms with Gasteiger partial charge >= 0.3 is 0 Å². The molecular formula is C16H12O2. The van der Waals surface area contributed by atoms with Crippen molar-refractivity contribution in [2.24, 2.45) is 0 Å². The van der Waals surface area contributed by atoms with E-state index in [1.54, 1.807) is 6.07 Å². The standard InChI is InChI=1S/C16H12O2/c1-11-5-4-7-13(9-11)16(17)15-10-12-6-2-3-8-14(12)18-15/h2-10H,1H3. The maximum atomic E-state index is 12.3. The topological polar surface area (TPSA) is 30.2 Å². The van der Waals surface area contributed by atoms with Gasteiger partial charge in [-0.2, -0.15) is 0 Å². The highest BCUT2D eigenvalue weighted by molar-refractivity contribution is 6.09. The molecule has 1 aromatic heterocycles. The van der Waals surface area contributed by atoms with Crippen LogP contribution < -0.4 is 0 Å². The van der Waals surface area contributed by atoms with Crippen LogP contribution in [0.25, 0.3) is 11.0 Å². The van der Waals surface area contributed by atoms with Gasteiger partial charge in [-0.15, -0.1) is 0 Å². The van der Waals surface area contributed by atoms with Crippen LogP contribution in [0.3, 0.4) is 0 Å². The summed E-state index contributed by atoms with van der Waals surface area (Å²) < 4.78 is 5.57. The summed E-state index contributed by atoms with van der Waals surface area (Å²) in [6.07, 6.45) is 0. The van der Waals surface area contributed by atoms with E-state index >= 15 is 0 Å². The summed E-state index contributed by atoms with van der Waals surface area (Å²) in [6, 6.07) is 16.9. The minimum Gasteiger partial charge on any atom is -0.453 e. The van der Waals surface area contributed by atoms with Gasteiger partial charge in [-0.3, -0.25) is 4.79 Å². The van der Waals surface area contributed by atoms with Gasteiger partial charge in [-0.25, -0.2) is 0 Å². The molecule has 0 saturated heterocycles. The zero-order chi connectivity index (χ0) is 12.5. The molecule has 3 rings (SSSR count). The molecule has 0 aliphatic heterocycles. The summed E-state index contributed by atoms with van der Waals surface area (Å²) >= 11 is 0. The molecule has 0 spiro atoms. The van der Waals surface area contributed by atoms with E-state index in [9.17, 15) is 4.79 Å². The Balaban J connectivity index is 2.06. The van der Waals surface area contributed by atoms with E-state index in [-0.39, 0.29) is 5.78 Å². The van der Waals surface area contributed by atoms with Gasteiger partial charge in [0, 0.05) is 10.9 Å². The fourth-order valence-corrected chi connectivity index (χ4v) is 2.02. The van der Waals surface area contributed by atoms with Crippen molar-refractivity contribution in [3.63, 3.8) is 0 Å². The van der Waals surface area contributed by atoms with Crippen LogP contribution in [-0.4, -0.2) is 5.78 Å². The molecule has 3 aromatic rings. The van der Waals surface area contributed by atoms with Crippen molar-refractivity contribution in [2.75, 3.05) is 0 Å². The number of fused-ring (bicyclic) bond motifs is 1. The second kappa shape index (κ2) is 4.15. The molecule has 0 bridgehead atoms. The van der Waals surface area contributed by atoms with E-state index in [4.69, 9.17) is 4.42 Å². The van der Waals surface area contributed by atoms with Crippen LogP contribution in [0.5, 0.6) is 0 Å². The summed E-state index contributed by atoms with van der Waals surface area (Å²) in [7, 11) is 0. The maximum Gasteiger partial charge on any atom is 0.228 e. The van der Waals surface area contributed by atoms with Gasteiger partial charge in [0.2, 0.25) is 5.78 Å². The van der Waals surface area contributed by atoms with Gasteiger partial charge in [0.15, 0.2) is 5.76 Å². The van der Waals surface area contributed by atoms with Crippen molar-refractivity contribution in [1.29, 1.82) is 0 Å². The molecule has 2 nitrogen and oxygen atoms in total. The molecule has 0 saturated carbocycles. The number of furan rings is 1. The van der Waals surface area contributed by atoms with Crippen molar-refractivity contribution < 1.29 is 9.21 Å². The highest BCUT2D eigenvalue weighted by Gasteiger charge is 2.14. The molecule has 0 fully saturated rings. The highest BCUT2D eigenvalue weighted by Crippen LogP contribution is 2.21. The number of rotatable bonds is 2. The van der Waals surface area contributed by atoms with Gasteiger partial charge in [0.1, 0.15) is 5.58 Å². The zero-order valence-corrected chi connectivity index (χ0v) is 10.0. The summed E-state index contributed by atoms with van der Waals surface area (Å²) in [5, 5.41) is 0.952. The van der Waals surface area contributed by atoms with Crippen LogP contribution in [0.15, 0.2) is 59.0 Å². The van der Waals surface area contributed by atoms with Gasteiger partial charge in [-0.1, -0.05) is 42.0 Å². The molecule has 0 atom stereocenters. The Morgan fingerprint density at radius 3 is 2.61 bits per heavy atom. The van der Waals surface area contributed by atoms with Gasteiger partial charge in [-0.05, 0) is 25.1 Å². The molecule has 1 heterocycles. The molecule has 0 N–H and O–H groups in total. The fourth-order valence-electron chi connectivity index (χ4n) is 2.02. The Labute approximate surface area is 105 Å². The van der Waals surface area contributed by atoms with Gasteiger partial charge in [0.05, 0.1) is 0 Å². The van der Waals surface area contributed by atoms with Crippen LogP contribution in [-0.2, 0) is 0 Å². The fraction of sp³-hybridized carbons (Fsp3) is 0.0625. The molecule has 2 aromatic carbocycles. The van der Waals surface area contributed by atoms with Crippen molar-refractivity contribution in [2.45, 2.75) is 6.92 Å². The third-order valence-electron chi connectivity index (χ3n) is 2.93. The van der Waals surface area contributed by atoms with Crippen LogP contribution in [0.2, 0.25) is 0 Å². The number of benzene rings is 2. The second-order valence-corrected chi connectivity index (χ2v) is 4.35. The van der Waals surface area contributed by atoms with Crippen molar-refractivity contribution in [3.8, 4) is 0 Å². The third-order valence-corrected chi connectivity index (χ3v) is 2.93. The Hall–Kier alpha value is -2.35. The largest absolute Gasteiger partial charge is 0.453 e. The molecule has 88 valence electrons. The molecule has 2 heteroatoms. The van der Waals surface area contributed by atoms with E-state index < -0.39 is 0 Å². The van der Waals surface area contributed by atoms with E-state index in [1.807, 2.05) is 55.5 Å². The Morgan fingerprint density at radius 2 is 1.83 bits per heavy atom. The van der Waals surface area contributed by atoms with Crippen LogP contribution in [0.4, 0.5) is 0 Å². The Bertz CT molecular complexity index is 690. The molecule has 0 radical (unpaired) electrons. The normalized spacial score (nSPS) is 10.7. The smallest absolute Gasteiger partial charge is 0.228 e. The lowest BCUT2D eigenvalue weighted by atomic mass is 10.1. The number of carbonyl (C=O) groups excluding carboxylic acids is 1. The summed E-state index contributed by atoms with van der Waals surface area (Å²) in [4.78, 5) is 12.3. The number of hydrogen-bond donors (Lipinski definition) is 0. The average Bonchev–Trinajstić information content (AvgIpc) is 2.81. The summed E-state index contributed by atoms with van der Waals surface area (Å²) in [6.45, 7) is 1.97. The van der Waals surface area contributed by atoms with Gasteiger partial charge < -0.3 is 4.42 Å². The number of carbonyl (C=O) groups is 1. The lowest BCUT2D eigenvalue weighted by Gasteiger charge is -1.98. The minimum absolute atomic E-state index is 0.0742. The minimum atomic E-state index is -0.0742. The van der Waals surface area contributed by atoms with Crippen molar-refractivity contribution in [1.82, 2.24) is 0 Å². The van der Waals surface area contributed by atoms with Crippen molar-refractivity contribution in [3.05, 3.63) is 71.5 Å². The van der Waals surface area contributed by atoms with E-state index in [0.29, 0.717) is 11.3 Å². The summed E-state index contributed by atoms with van der Waals surface area (Å²) in [5.74, 6) is 0.316. The quantitative estimate of drug-likeness (QED) is 0.630. The SMILES string of the molecule is Cc1cccc(C(=O)c2cc3ccccc3o2)c1. The molecule has 0 aliphatic rings. The lowest BCUT2D eigenvalue weighted by Crippen LogP contribution is -1.99. The lowest BCUT2D eigenvalue weighted by molar-refractivity contribution is 0.101. The Kier molecular flexibility index (Phi) is 2.49. The first kappa shape index (κ1) is 10.8. The number of ketones is 1. The highest BCUT2D eigenvalue weighted by atomic mass is 16.3. The van der Waals surface area contributed by atoms with E-state index in [0.717, 1.165) is 16.5 Å². The predicted octanol–water partition coefficient (Wildman–Crippen LogP) is 3.97. The van der Waals surface area contributed by atoms with Gasteiger partial charge in [0.25, 0.3) is 0 Å². The predicted molar refractivity (Wildman–Crippen MR) is 70.8 cm³/mol. The van der Waals surface area contributed by atoms with Crippen LogP contribution in [0.1, 0.15) is 21.7 Å². The Morgan fingerprint density at radius 1 is 1.00 bits per heavy atom. The summed E-state index contributed by atoms with van der Waals surface area (Å²) in [5.41, 5.74) is 2.47. The number of aryl methyl sites for hydroxylation is 1. The molecule has 18 heavy (non-hydrogen) atoms. The second-order valence-electron chi connectivity index (χ2n) is 4.35. The number of hydrogen-bond acceptors (Lipinski definition) is 2. The first-order valence-corrected chi connectivity index (χ1v) is 5.84. The van der Waals surface area contributed by atoms with Crippen molar-refractivity contribution >= 4 is 16.8 Å². The van der Waals surface area contributed by atoms with Crippen LogP contribution >= 0.6 is 0 Å². The van der Waals surface area contributed by atoms with E-state index in [1.165, 1.54) is 0 Å². The third kappa shape index (κ3) is 1.82. The van der Waals surface area contributed by atoms with Crippen LogP contribution in [0, 0.1) is 6.92 Å². The van der Waals surface area contributed by atoms with E-state index in [2.05, 4.69) is 0 Å². The molecule has 0 unspecified atom stereocenters. The number of para-hydroxylation sites is 1. The average molecular weight is 236 g/mol. The first-order valence-electron chi connectivity index (χ1n) is 5.84. The zero-order valence-electron chi connectivity index (χ0n) is 10.0. The monoisotopic (exact) mass is 236 g/mol. The molecular weight excluding hydrogens is 224 g/mol. The maximum absolute atomic E-state index is 12.3. The molecule has 0 aliphatic carbocycles.